The minimum Gasteiger partial charge on any atom is -0.493 e. The van der Waals surface area contributed by atoms with Gasteiger partial charge >= 0.3 is 0 Å². The van der Waals surface area contributed by atoms with Gasteiger partial charge in [-0.1, -0.05) is 0 Å². The minimum atomic E-state index is -0.166. The van der Waals surface area contributed by atoms with Crippen molar-refractivity contribution < 1.29 is 28.5 Å². The monoisotopic (exact) mass is 452 g/mol. The van der Waals surface area contributed by atoms with Gasteiger partial charge in [-0.3, -0.25) is 4.79 Å². The molecule has 0 bridgehead atoms. The Morgan fingerprint density at radius 1 is 0.939 bits per heavy atom. The standard InChI is InChI=1S/C25H28N2O6/c1-15-10-19(16(2)27(15)18-6-7-20-21(13-18)33-9-8-32-20)25(28)26-14-17-11-22(29-3)24(31-5)23(12-17)30-4/h6-7,10-13H,8-9,14H2,1-5H3,(H,26,28). The first kappa shape index (κ1) is 22.4. The van der Waals surface area contributed by atoms with Gasteiger partial charge in [0.2, 0.25) is 5.75 Å². The van der Waals surface area contributed by atoms with Crippen LogP contribution in [0.25, 0.3) is 5.69 Å². The molecule has 0 radical (unpaired) electrons. The van der Waals surface area contributed by atoms with Crippen molar-refractivity contribution in [1.82, 2.24) is 9.88 Å². The first-order valence-corrected chi connectivity index (χ1v) is 10.6. The van der Waals surface area contributed by atoms with Crippen LogP contribution in [0.2, 0.25) is 0 Å². The van der Waals surface area contributed by atoms with Gasteiger partial charge in [0.1, 0.15) is 13.2 Å². The Bertz CT molecular complexity index is 1160. The van der Waals surface area contributed by atoms with E-state index in [1.807, 2.05) is 54.8 Å². The molecular weight excluding hydrogens is 424 g/mol. The minimum absolute atomic E-state index is 0.166. The van der Waals surface area contributed by atoms with Gasteiger partial charge in [-0.2, -0.15) is 0 Å². The number of carbonyl (C=O) groups is 1. The lowest BCUT2D eigenvalue weighted by atomic mass is 10.1. The van der Waals surface area contributed by atoms with Crippen LogP contribution in [0.4, 0.5) is 0 Å². The summed E-state index contributed by atoms with van der Waals surface area (Å²) in [5.41, 5.74) is 4.14. The van der Waals surface area contributed by atoms with Gasteiger partial charge in [0.15, 0.2) is 23.0 Å². The second-order valence-electron chi connectivity index (χ2n) is 7.66. The van der Waals surface area contributed by atoms with Gasteiger partial charge in [-0.15, -0.1) is 0 Å². The van der Waals surface area contributed by atoms with E-state index in [0.29, 0.717) is 48.3 Å². The number of amides is 1. The molecule has 8 nitrogen and oxygen atoms in total. The van der Waals surface area contributed by atoms with Gasteiger partial charge < -0.3 is 33.6 Å². The Labute approximate surface area is 193 Å². The summed E-state index contributed by atoms with van der Waals surface area (Å²) in [4.78, 5) is 13.0. The second kappa shape index (κ2) is 9.36. The van der Waals surface area contributed by atoms with Crippen LogP contribution in [0.15, 0.2) is 36.4 Å². The van der Waals surface area contributed by atoms with Crippen molar-refractivity contribution in [2.24, 2.45) is 0 Å². The summed E-state index contributed by atoms with van der Waals surface area (Å²) in [7, 11) is 4.68. The fourth-order valence-corrected chi connectivity index (χ4v) is 4.08. The normalized spacial score (nSPS) is 12.3. The van der Waals surface area contributed by atoms with E-state index >= 15 is 0 Å². The molecule has 1 aliphatic heterocycles. The molecule has 1 aromatic heterocycles. The first-order chi connectivity index (χ1) is 16.0. The van der Waals surface area contributed by atoms with Crippen LogP contribution < -0.4 is 29.0 Å². The third-order valence-corrected chi connectivity index (χ3v) is 5.64. The molecule has 3 aromatic rings. The smallest absolute Gasteiger partial charge is 0.253 e. The highest BCUT2D eigenvalue weighted by Crippen LogP contribution is 2.38. The van der Waals surface area contributed by atoms with Gasteiger partial charge in [0.25, 0.3) is 5.91 Å². The number of hydrogen-bond donors (Lipinski definition) is 1. The van der Waals surface area contributed by atoms with E-state index in [9.17, 15) is 4.79 Å². The Morgan fingerprint density at radius 2 is 1.61 bits per heavy atom. The average molecular weight is 453 g/mol. The molecule has 0 saturated carbocycles. The molecule has 2 aromatic carbocycles. The number of nitrogens with zero attached hydrogens (tertiary/aromatic N) is 1. The van der Waals surface area contributed by atoms with Crippen molar-refractivity contribution in [2.45, 2.75) is 20.4 Å². The second-order valence-corrected chi connectivity index (χ2v) is 7.66. The SMILES string of the molecule is COc1cc(CNC(=O)c2cc(C)n(-c3ccc4c(c3)OCCO4)c2C)cc(OC)c1OC. The van der Waals surface area contributed by atoms with Gasteiger partial charge in [-0.05, 0) is 49.7 Å². The number of carbonyl (C=O) groups excluding carboxylic acids is 1. The van der Waals surface area contributed by atoms with Crippen molar-refractivity contribution in [2.75, 3.05) is 34.5 Å². The number of ether oxygens (including phenoxy) is 5. The molecule has 0 spiro atoms. The van der Waals surface area contributed by atoms with Crippen LogP contribution >= 0.6 is 0 Å². The Balaban J connectivity index is 1.56. The molecule has 1 N–H and O–H groups in total. The number of aromatic nitrogens is 1. The summed E-state index contributed by atoms with van der Waals surface area (Å²) in [6, 6.07) is 11.3. The Hall–Kier alpha value is -3.81. The van der Waals surface area contributed by atoms with E-state index in [4.69, 9.17) is 23.7 Å². The number of aryl methyl sites for hydroxylation is 1. The van der Waals surface area contributed by atoms with Crippen molar-refractivity contribution in [3.05, 3.63) is 58.9 Å². The highest BCUT2D eigenvalue weighted by Gasteiger charge is 2.20. The molecule has 33 heavy (non-hydrogen) atoms. The van der Waals surface area contributed by atoms with E-state index in [1.165, 1.54) is 0 Å². The predicted molar refractivity (Wildman–Crippen MR) is 124 cm³/mol. The van der Waals surface area contributed by atoms with Crippen LogP contribution in [0, 0.1) is 13.8 Å². The molecule has 2 heterocycles. The third kappa shape index (κ3) is 4.28. The summed E-state index contributed by atoms with van der Waals surface area (Å²) in [5, 5.41) is 2.99. The molecule has 174 valence electrons. The highest BCUT2D eigenvalue weighted by molar-refractivity contribution is 5.96. The zero-order chi connectivity index (χ0) is 23.5. The molecular formula is C25H28N2O6. The summed E-state index contributed by atoms with van der Waals surface area (Å²) in [6.45, 7) is 5.28. The number of hydrogen-bond acceptors (Lipinski definition) is 6. The summed E-state index contributed by atoms with van der Waals surface area (Å²) >= 11 is 0. The Kier molecular flexibility index (Phi) is 6.35. The predicted octanol–water partition coefficient (Wildman–Crippen LogP) is 3.82. The van der Waals surface area contributed by atoms with Crippen molar-refractivity contribution in [3.63, 3.8) is 0 Å². The molecule has 0 unspecified atom stereocenters. The number of rotatable bonds is 7. The number of nitrogens with one attached hydrogen (secondary N) is 1. The topological polar surface area (TPSA) is 80.2 Å². The molecule has 0 fully saturated rings. The average Bonchev–Trinajstić information content (AvgIpc) is 3.15. The van der Waals surface area contributed by atoms with Crippen LogP contribution in [0.3, 0.4) is 0 Å². The highest BCUT2D eigenvalue weighted by atomic mass is 16.6. The first-order valence-electron chi connectivity index (χ1n) is 10.6. The largest absolute Gasteiger partial charge is 0.493 e. The Morgan fingerprint density at radius 3 is 2.24 bits per heavy atom. The fraction of sp³-hybridized carbons (Fsp3) is 0.320. The molecule has 1 amide bonds. The van der Waals surface area contributed by atoms with Gasteiger partial charge in [0, 0.05) is 29.7 Å². The van der Waals surface area contributed by atoms with Crippen molar-refractivity contribution >= 4 is 5.91 Å². The maximum Gasteiger partial charge on any atom is 0.253 e. The number of fused-ring (bicyclic) bond motifs is 1. The zero-order valence-corrected chi connectivity index (χ0v) is 19.5. The molecule has 0 atom stereocenters. The van der Waals surface area contributed by atoms with Crippen molar-refractivity contribution in [3.8, 4) is 34.4 Å². The summed E-state index contributed by atoms with van der Waals surface area (Å²) in [6.07, 6.45) is 0. The molecule has 8 heteroatoms. The summed E-state index contributed by atoms with van der Waals surface area (Å²) in [5.74, 6) is 2.87. The van der Waals surface area contributed by atoms with Crippen LogP contribution in [0.5, 0.6) is 28.7 Å². The fourth-order valence-electron chi connectivity index (χ4n) is 4.08. The van der Waals surface area contributed by atoms with Crippen LogP contribution in [-0.2, 0) is 6.54 Å². The summed E-state index contributed by atoms with van der Waals surface area (Å²) < 4.78 is 29.5. The van der Waals surface area contributed by atoms with Gasteiger partial charge in [-0.25, -0.2) is 0 Å². The van der Waals surface area contributed by atoms with Crippen LogP contribution in [-0.4, -0.2) is 45.0 Å². The number of methoxy groups -OCH3 is 3. The maximum absolute atomic E-state index is 13.0. The molecule has 1 aliphatic rings. The third-order valence-electron chi connectivity index (χ3n) is 5.64. The lowest BCUT2D eigenvalue weighted by Crippen LogP contribution is -2.23. The maximum atomic E-state index is 13.0. The van der Waals surface area contributed by atoms with E-state index in [2.05, 4.69) is 5.32 Å². The molecule has 0 saturated heterocycles. The number of benzene rings is 2. The van der Waals surface area contributed by atoms with E-state index in [-0.39, 0.29) is 5.91 Å². The quantitative estimate of drug-likeness (QED) is 0.587. The molecule has 0 aliphatic carbocycles. The van der Waals surface area contributed by atoms with Crippen LogP contribution in [0.1, 0.15) is 27.3 Å². The van der Waals surface area contributed by atoms with Gasteiger partial charge in [0.05, 0.1) is 26.9 Å². The lowest BCUT2D eigenvalue weighted by molar-refractivity contribution is 0.0950. The van der Waals surface area contributed by atoms with E-state index in [1.54, 1.807) is 21.3 Å². The lowest BCUT2D eigenvalue weighted by Gasteiger charge is -2.20. The van der Waals surface area contributed by atoms with Crippen molar-refractivity contribution in [1.29, 1.82) is 0 Å². The van der Waals surface area contributed by atoms with E-state index in [0.717, 1.165) is 28.4 Å². The zero-order valence-electron chi connectivity index (χ0n) is 19.5. The molecule has 4 rings (SSSR count). The van der Waals surface area contributed by atoms with E-state index < -0.39 is 0 Å².